The Bertz CT molecular complexity index is 1020. The molecule has 3 N–H and O–H groups in total. The number of carbonyl (C=O) groups is 2. The highest BCUT2D eigenvalue weighted by atomic mass is 127. The van der Waals surface area contributed by atoms with E-state index < -0.39 is 22.3 Å². The molecule has 0 radical (unpaired) electrons. The summed E-state index contributed by atoms with van der Waals surface area (Å²) < 4.78 is 1.59. The molecule has 0 saturated heterocycles. The Morgan fingerprint density at radius 1 is 1.25 bits per heavy atom. The minimum absolute atomic E-state index is 0.0925. The van der Waals surface area contributed by atoms with E-state index >= 15 is 0 Å². The van der Waals surface area contributed by atoms with Crippen molar-refractivity contribution < 1.29 is 14.5 Å². The highest BCUT2D eigenvalue weighted by molar-refractivity contribution is 14.1. The Labute approximate surface area is 155 Å². The molecule has 0 saturated carbocycles. The van der Waals surface area contributed by atoms with Gasteiger partial charge in [-0.1, -0.05) is 0 Å². The summed E-state index contributed by atoms with van der Waals surface area (Å²) in [5.41, 5.74) is 4.38. The molecule has 2 amide bonds. The molecular weight excluding hydrogens is 499 g/mol. The number of pyridine rings is 1. The fourth-order valence-corrected chi connectivity index (χ4v) is 3.38. The van der Waals surface area contributed by atoms with Crippen molar-refractivity contribution in [2.45, 2.75) is 0 Å². The van der Waals surface area contributed by atoms with E-state index in [0.29, 0.717) is 4.47 Å². The summed E-state index contributed by atoms with van der Waals surface area (Å²) in [5.74, 6) is -1.82. The zero-order valence-electron chi connectivity index (χ0n) is 11.5. The number of fused-ring (bicyclic) bond motifs is 1. The maximum Gasteiger partial charge on any atom is 0.307 e. The molecule has 1 aliphatic rings. The van der Waals surface area contributed by atoms with Crippen LogP contribution < -0.4 is 16.6 Å². The Morgan fingerprint density at radius 2 is 1.92 bits per heavy atom. The Hall–Kier alpha value is -2.28. The molecule has 0 fully saturated rings. The van der Waals surface area contributed by atoms with Crippen LogP contribution in [0, 0.1) is 13.7 Å². The van der Waals surface area contributed by atoms with Crippen molar-refractivity contribution in [3.63, 3.8) is 0 Å². The zero-order valence-corrected chi connectivity index (χ0v) is 15.2. The van der Waals surface area contributed by atoms with Crippen LogP contribution in [0.3, 0.4) is 0 Å². The molecule has 0 aliphatic carbocycles. The second kappa shape index (κ2) is 5.66. The van der Waals surface area contributed by atoms with E-state index in [1.165, 1.54) is 12.1 Å². The lowest BCUT2D eigenvalue weighted by molar-refractivity contribution is -0.385. The average molecular weight is 505 g/mol. The number of anilines is 1. The number of aromatic nitrogens is 1. The van der Waals surface area contributed by atoms with Crippen LogP contribution in [0.5, 0.6) is 0 Å². The quantitative estimate of drug-likeness (QED) is 0.275. The van der Waals surface area contributed by atoms with Gasteiger partial charge in [-0.2, -0.15) is 0 Å². The fraction of sp³-hybridized carbons (Fsp3) is 0. The summed E-state index contributed by atoms with van der Waals surface area (Å²) in [6.07, 6.45) is 0. The van der Waals surface area contributed by atoms with Gasteiger partial charge in [0, 0.05) is 10.5 Å². The Morgan fingerprint density at radius 3 is 2.54 bits per heavy atom. The number of halogens is 2. The summed E-state index contributed by atoms with van der Waals surface area (Å²) in [6.45, 7) is 0. The van der Waals surface area contributed by atoms with Gasteiger partial charge < -0.3 is 5.73 Å². The van der Waals surface area contributed by atoms with Gasteiger partial charge in [0.05, 0.1) is 16.1 Å². The molecule has 1 aliphatic heterocycles. The van der Waals surface area contributed by atoms with E-state index in [0.717, 1.165) is 10.6 Å². The molecule has 1 aromatic carbocycles. The first-order valence-corrected chi connectivity index (χ1v) is 8.15. The highest BCUT2D eigenvalue weighted by Crippen LogP contribution is 2.35. The van der Waals surface area contributed by atoms with Crippen molar-refractivity contribution >= 4 is 61.8 Å². The number of nitrogens with zero attached hydrogens (tertiary/aromatic N) is 2. The molecule has 122 valence electrons. The summed E-state index contributed by atoms with van der Waals surface area (Å²) in [7, 11) is 0. The first kappa shape index (κ1) is 16.6. The van der Waals surface area contributed by atoms with Crippen LogP contribution in [0.2, 0.25) is 0 Å². The lowest BCUT2D eigenvalue weighted by Crippen LogP contribution is -2.25. The number of amides is 2. The molecule has 3 rings (SSSR count). The molecular formula is C13H6BrIN4O5. The zero-order chi connectivity index (χ0) is 17.8. The molecule has 9 nitrogen and oxygen atoms in total. The topological polar surface area (TPSA) is 137 Å². The first-order chi connectivity index (χ1) is 11.2. The predicted octanol–water partition coefficient (Wildman–Crippen LogP) is 1.58. The van der Waals surface area contributed by atoms with Crippen molar-refractivity contribution in [3.8, 4) is 5.69 Å². The van der Waals surface area contributed by atoms with Gasteiger partial charge in [-0.15, -0.1) is 0 Å². The molecule has 24 heavy (non-hydrogen) atoms. The number of rotatable bonds is 2. The smallest absolute Gasteiger partial charge is 0.307 e. The number of nitrogen functional groups attached to an aromatic ring is 1. The van der Waals surface area contributed by atoms with E-state index in [1.807, 2.05) is 5.32 Å². The van der Waals surface area contributed by atoms with Gasteiger partial charge in [0.2, 0.25) is 0 Å². The van der Waals surface area contributed by atoms with Gasteiger partial charge in [-0.25, -0.2) is 0 Å². The van der Waals surface area contributed by atoms with Crippen molar-refractivity contribution in [2.24, 2.45) is 0 Å². The maximum absolute atomic E-state index is 12.4. The van der Waals surface area contributed by atoms with Crippen LogP contribution in [0.25, 0.3) is 5.69 Å². The van der Waals surface area contributed by atoms with Crippen LogP contribution in [0.4, 0.5) is 11.5 Å². The van der Waals surface area contributed by atoms with Gasteiger partial charge in [-0.05, 0) is 50.7 Å². The SMILES string of the molecule is Nc1c2c(cc(=O)n1-c1ccc(Br)c(I)c1[N+](=O)[O-])C(=O)NC2=O. The van der Waals surface area contributed by atoms with E-state index in [2.05, 4.69) is 15.9 Å². The van der Waals surface area contributed by atoms with Crippen LogP contribution in [0.1, 0.15) is 20.7 Å². The minimum Gasteiger partial charge on any atom is -0.384 e. The number of imide groups is 1. The second-order valence-corrected chi connectivity index (χ2v) is 6.69. The summed E-state index contributed by atoms with van der Waals surface area (Å²) in [5, 5.41) is 13.5. The Balaban J connectivity index is 2.42. The van der Waals surface area contributed by atoms with Gasteiger partial charge in [0.1, 0.15) is 15.1 Å². The minimum atomic E-state index is -0.754. The van der Waals surface area contributed by atoms with E-state index in [-0.39, 0.29) is 31.9 Å². The fourth-order valence-electron chi connectivity index (χ4n) is 2.41. The van der Waals surface area contributed by atoms with Crippen LogP contribution in [-0.2, 0) is 0 Å². The van der Waals surface area contributed by atoms with Crippen LogP contribution in [0.15, 0.2) is 27.5 Å². The third-order valence-corrected chi connectivity index (χ3v) is 5.92. The Kier molecular flexibility index (Phi) is 3.91. The molecule has 2 aromatic rings. The van der Waals surface area contributed by atoms with Gasteiger partial charge in [0.15, 0.2) is 0 Å². The number of hydrogen-bond donors (Lipinski definition) is 2. The molecule has 1 aromatic heterocycles. The summed E-state index contributed by atoms with van der Waals surface area (Å²) in [6, 6.07) is 3.79. The summed E-state index contributed by atoms with van der Waals surface area (Å²) in [4.78, 5) is 46.7. The number of nitrogens with two attached hydrogens (primary N) is 1. The largest absolute Gasteiger partial charge is 0.384 e. The number of benzene rings is 1. The number of nitro groups is 1. The molecule has 0 unspecified atom stereocenters. The average Bonchev–Trinajstić information content (AvgIpc) is 2.77. The molecule has 2 heterocycles. The van der Waals surface area contributed by atoms with E-state index in [9.17, 15) is 24.5 Å². The van der Waals surface area contributed by atoms with E-state index in [1.54, 1.807) is 22.6 Å². The number of nitro benzene ring substituents is 1. The van der Waals surface area contributed by atoms with Gasteiger partial charge in [-0.3, -0.25) is 34.4 Å². The number of hydrogen-bond acceptors (Lipinski definition) is 6. The van der Waals surface area contributed by atoms with Crippen molar-refractivity contribution in [1.82, 2.24) is 9.88 Å². The third kappa shape index (κ3) is 2.31. The van der Waals surface area contributed by atoms with Crippen LogP contribution in [-0.4, -0.2) is 21.3 Å². The first-order valence-electron chi connectivity index (χ1n) is 6.28. The van der Waals surface area contributed by atoms with E-state index in [4.69, 9.17) is 5.73 Å². The van der Waals surface area contributed by atoms with Crippen LogP contribution >= 0.6 is 38.5 Å². The number of carbonyl (C=O) groups excluding carboxylic acids is 2. The summed E-state index contributed by atoms with van der Waals surface area (Å²) >= 11 is 4.95. The lowest BCUT2D eigenvalue weighted by atomic mass is 10.1. The molecule has 0 spiro atoms. The standard InChI is InChI=1S/C13H6BrIN4O5/c14-5-1-2-6(10(9(5)15)19(23)24)18-7(20)3-4-8(11(18)16)13(22)17-12(4)21/h1-3H,16H2,(H,17,21,22). The normalized spacial score (nSPS) is 12.9. The van der Waals surface area contributed by atoms with Crippen molar-refractivity contribution in [1.29, 1.82) is 0 Å². The molecule has 11 heteroatoms. The van der Waals surface area contributed by atoms with Gasteiger partial charge in [0.25, 0.3) is 17.4 Å². The lowest BCUT2D eigenvalue weighted by Gasteiger charge is -2.13. The predicted molar refractivity (Wildman–Crippen MR) is 95.3 cm³/mol. The van der Waals surface area contributed by atoms with Crippen molar-refractivity contribution in [3.05, 3.63) is 57.8 Å². The third-order valence-electron chi connectivity index (χ3n) is 3.42. The molecule has 0 atom stereocenters. The van der Waals surface area contributed by atoms with Gasteiger partial charge >= 0.3 is 5.69 Å². The highest BCUT2D eigenvalue weighted by Gasteiger charge is 2.33. The maximum atomic E-state index is 12.4. The molecule has 0 bridgehead atoms. The second-order valence-electron chi connectivity index (χ2n) is 4.76. The van der Waals surface area contributed by atoms with Crippen molar-refractivity contribution in [2.75, 3.05) is 5.73 Å². The number of nitrogens with one attached hydrogen (secondary N) is 1. The monoisotopic (exact) mass is 504 g/mol.